The summed E-state index contributed by atoms with van der Waals surface area (Å²) in [6.07, 6.45) is 12.4. The van der Waals surface area contributed by atoms with E-state index in [1.165, 1.54) is 0 Å². The quantitative estimate of drug-likeness (QED) is 0.111. The molecule has 0 unspecified atom stereocenters. The van der Waals surface area contributed by atoms with Crippen LogP contribution in [0.5, 0.6) is 11.6 Å². The minimum atomic E-state index is -0.187. The summed E-state index contributed by atoms with van der Waals surface area (Å²) >= 11 is 14.3. The lowest BCUT2D eigenvalue weighted by atomic mass is 9.93. The fourth-order valence-corrected chi connectivity index (χ4v) is 7.91. The van der Waals surface area contributed by atoms with Crippen LogP contribution in [-0.4, -0.2) is 68.1 Å². The zero-order chi connectivity index (χ0) is 35.5. The molecule has 7 rings (SSSR count). The van der Waals surface area contributed by atoms with Gasteiger partial charge in [0.15, 0.2) is 11.4 Å². The molecular weight excluding hydrogens is 687 g/mol. The van der Waals surface area contributed by atoms with Crippen LogP contribution >= 0.6 is 23.2 Å². The zero-order valence-corrected chi connectivity index (χ0v) is 30.4. The molecule has 0 spiro atoms. The standard InChI is InChI=1S/C39H44Cl2N6O4/c1-50-34-18-24(21-47-22-27(45-38(34)47)20-44-26-9-13-29(49)14-10-26)37-36(41)31(16-17-42-37)30-4-3-5-32(35(30)40)33-15-6-23(39(46-33)51-2)19-43-25-7-11-28(48)12-8-25/h3-6,15-18,21-22,25-26,28-29,43-44,48-49H,7-14,19-20H2,1-2H3/t25-,26-,28-,29-. The number of nitrogens with zero attached hydrogens (tertiary/aromatic N) is 4. The normalized spacial score (nSPS) is 20.8. The predicted octanol–water partition coefficient (Wildman–Crippen LogP) is 7.24. The highest BCUT2D eigenvalue weighted by Crippen LogP contribution is 2.42. The topological polar surface area (TPSA) is 126 Å². The van der Waals surface area contributed by atoms with Gasteiger partial charge in [0.2, 0.25) is 5.88 Å². The molecule has 4 heterocycles. The van der Waals surface area contributed by atoms with Crippen LogP contribution in [0.15, 0.2) is 61.1 Å². The van der Waals surface area contributed by atoms with E-state index in [2.05, 4.69) is 15.6 Å². The molecule has 2 fully saturated rings. The molecule has 2 saturated carbocycles. The largest absolute Gasteiger partial charge is 0.493 e. The van der Waals surface area contributed by atoms with Gasteiger partial charge in [0.05, 0.1) is 53.6 Å². The van der Waals surface area contributed by atoms with E-state index in [-0.39, 0.29) is 12.2 Å². The number of nitrogens with one attached hydrogen (secondary N) is 2. The summed E-state index contributed by atoms with van der Waals surface area (Å²) in [5.74, 6) is 1.15. The molecule has 0 atom stereocenters. The van der Waals surface area contributed by atoms with E-state index < -0.39 is 0 Å². The van der Waals surface area contributed by atoms with Crippen molar-refractivity contribution in [1.29, 1.82) is 0 Å². The van der Waals surface area contributed by atoms with Crippen LogP contribution in [-0.2, 0) is 13.1 Å². The zero-order valence-electron chi connectivity index (χ0n) is 28.9. The highest BCUT2D eigenvalue weighted by molar-refractivity contribution is 6.39. The Kier molecular flexibility index (Phi) is 11.1. The lowest BCUT2D eigenvalue weighted by Crippen LogP contribution is -2.34. The number of rotatable bonds is 11. The van der Waals surface area contributed by atoms with Gasteiger partial charge in [0.1, 0.15) is 0 Å². The van der Waals surface area contributed by atoms with Gasteiger partial charge < -0.3 is 34.7 Å². The van der Waals surface area contributed by atoms with Crippen LogP contribution < -0.4 is 20.1 Å². The van der Waals surface area contributed by atoms with Gasteiger partial charge in [-0.2, -0.15) is 0 Å². The third kappa shape index (κ3) is 7.87. The number of benzene rings is 1. The highest BCUT2D eigenvalue weighted by atomic mass is 35.5. The van der Waals surface area contributed by atoms with Crippen LogP contribution in [0.4, 0.5) is 0 Å². The summed E-state index contributed by atoms with van der Waals surface area (Å²) in [5, 5.41) is 27.9. The molecule has 268 valence electrons. The molecule has 1 aromatic carbocycles. The number of imidazole rings is 1. The van der Waals surface area contributed by atoms with Crippen molar-refractivity contribution >= 4 is 28.8 Å². The van der Waals surface area contributed by atoms with E-state index in [1.54, 1.807) is 20.4 Å². The molecular formula is C39H44Cl2N6O4. The first-order valence-corrected chi connectivity index (χ1v) is 18.4. The lowest BCUT2D eigenvalue weighted by molar-refractivity contribution is 0.116. The Hall–Kier alpha value is -3.77. The minimum Gasteiger partial charge on any atom is -0.493 e. The van der Waals surface area contributed by atoms with Crippen molar-refractivity contribution < 1.29 is 19.7 Å². The predicted molar refractivity (Wildman–Crippen MR) is 200 cm³/mol. The van der Waals surface area contributed by atoms with Crippen molar-refractivity contribution in [3.63, 3.8) is 0 Å². The molecule has 0 amide bonds. The van der Waals surface area contributed by atoms with Crippen molar-refractivity contribution in [2.45, 2.75) is 88.7 Å². The molecule has 2 aliphatic carbocycles. The molecule has 0 radical (unpaired) electrons. The number of pyridine rings is 3. The fourth-order valence-electron chi connectivity index (χ4n) is 7.27. The average molecular weight is 732 g/mol. The van der Waals surface area contributed by atoms with E-state index in [1.807, 2.05) is 59.3 Å². The first kappa shape index (κ1) is 35.6. The lowest BCUT2D eigenvalue weighted by Gasteiger charge is -2.26. The second kappa shape index (κ2) is 15.9. The van der Waals surface area contributed by atoms with E-state index >= 15 is 0 Å². The number of methoxy groups -OCH3 is 2. The Morgan fingerprint density at radius 2 is 1.43 bits per heavy atom. The maximum Gasteiger partial charge on any atom is 0.218 e. The smallest absolute Gasteiger partial charge is 0.218 e. The summed E-state index contributed by atoms with van der Waals surface area (Å²) in [6.45, 7) is 1.25. The second-order valence-electron chi connectivity index (χ2n) is 13.6. The van der Waals surface area contributed by atoms with Gasteiger partial charge in [-0.05, 0) is 69.6 Å². The van der Waals surface area contributed by atoms with E-state index in [0.717, 1.165) is 84.9 Å². The Morgan fingerprint density at radius 3 is 2.12 bits per heavy atom. The van der Waals surface area contributed by atoms with Crippen LogP contribution in [0.3, 0.4) is 0 Å². The summed E-state index contributed by atoms with van der Waals surface area (Å²) in [7, 11) is 3.26. The molecule has 0 saturated heterocycles. The van der Waals surface area contributed by atoms with E-state index in [0.29, 0.717) is 63.9 Å². The number of hydrogen-bond acceptors (Lipinski definition) is 9. The van der Waals surface area contributed by atoms with Crippen molar-refractivity contribution in [1.82, 2.24) is 30.0 Å². The number of ether oxygens (including phenoxy) is 2. The van der Waals surface area contributed by atoms with Crippen LogP contribution in [0, 0.1) is 0 Å². The maximum absolute atomic E-state index is 9.85. The van der Waals surface area contributed by atoms with Gasteiger partial charge in [0.25, 0.3) is 0 Å². The summed E-state index contributed by atoms with van der Waals surface area (Å²) in [4.78, 5) is 14.4. The number of aliphatic hydroxyl groups is 2. The van der Waals surface area contributed by atoms with Gasteiger partial charge in [-0.25, -0.2) is 9.97 Å². The number of aromatic nitrogens is 4. The third-order valence-electron chi connectivity index (χ3n) is 10.2. The molecule has 2 aliphatic rings. The van der Waals surface area contributed by atoms with Gasteiger partial charge in [0, 0.05) is 71.6 Å². The highest BCUT2D eigenvalue weighted by Gasteiger charge is 2.22. The van der Waals surface area contributed by atoms with Crippen LogP contribution in [0.1, 0.15) is 62.6 Å². The molecule has 51 heavy (non-hydrogen) atoms. The second-order valence-corrected chi connectivity index (χ2v) is 14.3. The summed E-state index contributed by atoms with van der Waals surface area (Å²) in [6, 6.07) is 14.3. The van der Waals surface area contributed by atoms with Gasteiger partial charge >= 0.3 is 0 Å². The van der Waals surface area contributed by atoms with Crippen molar-refractivity contribution in [3.8, 4) is 45.3 Å². The Balaban J connectivity index is 1.14. The molecule has 4 aromatic heterocycles. The van der Waals surface area contributed by atoms with Gasteiger partial charge in [-0.3, -0.25) is 4.98 Å². The monoisotopic (exact) mass is 730 g/mol. The van der Waals surface area contributed by atoms with Crippen molar-refractivity contribution in [3.05, 3.63) is 82.4 Å². The molecule has 0 aliphatic heterocycles. The summed E-state index contributed by atoms with van der Waals surface area (Å²) in [5.41, 5.74) is 6.88. The molecule has 12 heteroatoms. The van der Waals surface area contributed by atoms with E-state index in [4.69, 9.17) is 42.6 Å². The molecule has 5 aromatic rings. The fraction of sp³-hybridized carbons (Fsp3) is 0.410. The number of aliphatic hydroxyl groups excluding tert-OH is 2. The molecule has 0 bridgehead atoms. The number of halogens is 2. The first-order chi connectivity index (χ1) is 24.8. The number of hydrogen-bond donors (Lipinski definition) is 4. The average Bonchev–Trinajstić information content (AvgIpc) is 3.57. The molecule has 4 N–H and O–H groups in total. The van der Waals surface area contributed by atoms with Crippen LogP contribution in [0.25, 0.3) is 39.3 Å². The third-order valence-corrected chi connectivity index (χ3v) is 11.0. The van der Waals surface area contributed by atoms with Crippen molar-refractivity contribution in [2.24, 2.45) is 0 Å². The first-order valence-electron chi connectivity index (χ1n) is 17.7. The van der Waals surface area contributed by atoms with Crippen LogP contribution in [0.2, 0.25) is 10.0 Å². The summed E-state index contributed by atoms with van der Waals surface area (Å²) < 4.78 is 13.4. The minimum absolute atomic E-state index is 0.185. The Labute approximate surface area is 308 Å². The number of fused-ring (bicyclic) bond motifs is 1. The SMILES string of the molecule is COc1nc(-c2cccc(-c3ccnc(-c4cc(OC)c5nc(CN[C@H]6CC[C@H](O)CC6)cn5c4)c3Cl)c2Cl)ccc1CN[C@H]1CC[C@H](O)CC1. The van der Waals surface area contributed by atoms with Crippen molar-refractivity contribution in [2.75, 3.05) is 14.2 Å². The Morgan fingerprint density at radius 1 is 0.765 bits per heavy atom. The Bertz CT molecular complexity index is 1990. The molecule has 10 nitrogen and oxygen atoms in total. The van der Waals surface area contributed by atoms with Gasteiger partial charge in [-0.15, -0.1) is 0 Å². The maximum atomic E-state index is 9.85. The van der Waals surface area contributed by atoms with Gasteiger partial charge in [-0.1, -0.05) is 47.5 Å². The van der Waals surface area contributed by atoms with E-state index in [9.17, 15) is 10.2 Å².